The van der Waals surface area contributed by atoms with Gasteiger partial charge in [-0.1, -0.05) is 29.0 Å². The topological polar surface area (TPSA) is 36.4 Å². The normalized spacial score (nSPS) is 10.9. The van der Waals surface area contributed by atoms with E-state index >= 15 is 0 Å². The molecule has 144 valence electrons. The van der Waals surface area contributed by atoms with E-state index in [2.05, 4.69) is 17.9 Å². The number of aryl methyl sites for hydroxylation is 1. The lowest BCUT2D eigenvalue weighted by Gasteiger charge is -2.21. The Hall–Kier alpha value is -1.66. The molecule has 0 unspecified atom stereocenters. The molecule has 3 aromatic rings. The van der Waals surface area contributed by atoms with Crippen LogP contribution in [0.1, 0.15) is 22.3 Å². The average molecular weight is 424 g/mol. The summed E-state index contributed by atoms with van der Waals surface area (Å²) in [6.45, 7) is 3.60. The first-order chi connectivity index (χ1) is 12.4. The van der Waals surface area contributed by atoms with Gasteiger partial charge in [0.25, 0.3) is 5.91 Å². The van der Waals surface area contributed by atoms with Crippen LogP contribution in [0, 0.1) is 6.92 Å². The van der Waals surface area contributed by atoms with Crippen molar-refractivity contribution in [2.75, 3.05) is 32.1 Å². The summed E-state index contributed by atoms with van der Waals surface area (Å²) in [6, 6.07) is 13.2. The summed E-state index contributed by atoms with van der Waals surface area (Å²) in [5, 5.41) is 1.36. The fraction of sp³-hybridized carbons (Fsp3) is 0.300. The first kappa shape index (κ1) is 21.6. The zero-order valence-corrected chi connectivity index (χ0v) is 18.0. The molecule has 0 atom stereocenters. The molecule has 27 heavy (non-hydrogen) atoms. The molecule has 0 saturated carbocycles. The van der Waals surface area contributed by atoms with Crippen molar-refractivity contribution < 1.29 is 4.79 Å². The van der Waals surface area contributed by atoms with Crippen LogP contribution in [0.2, 0.25) is 5.02 Å². The number of rotatable bonds is 6. The standard InChI is InChI=1S/C20H22ClN3OS.ClH/c1-14-5-10-17-18(13-14)26-20(22-17)24(12-4-11-23(2)3)19(25)15-6-8-16(21)9-7-15;/h5-10,13H,4,11-12H2,1-3H3;1H. The van der Waals surface area contributed by atoms with Crippen LogP contribution in [0.25, 0.3) is 10.2 Å². The number of benzene rings is 2. The van der Waals surface area contributed by atoms with Crippen molar-refractivity contribution in [1.29, 1.82) is 0 Å². The van der Waals surface area contributed by atoms with E-state index in [0.29, 0.717) is 17.1 Å². The molecule has 1 heterocycles. The zero-order chi connectivity index (χ0) is 18.7. The molecule has 1 aromatic heterocycles. The minimum atomic E-state index is -0.0452. The second-order valence-electron chi connectivity index (χ2n) is 6.59. The smallest absolute Gasteiger partial charge is 0.260 e. The van der Waals surface area contributed by atoms with Gasteiger partial charge in [0.2, 0.25) is 0 Å². The van der Waals surface area contributed by atoms with Gasteiger partial charge in [0.1, 0.15) is 0 Å². The van der Waals surface area contributed by atoms with E-state index in [1.165, 1.54) is 5.56 Å². The van der Waals surface area contributed by atoms with Crippen molar-refractivity contribution in [3.63, 3.8) is 0 Å². The minimum absolute atomic E-state index is 0. The Labute approximate surface area is 175 Å². The summed E-state index contributed by atoms with van der Waals surface area (Å²) in [4.78, 5) is 21.7. The highest BCUT2D eigenvalue weighted by Crippen LogP contribution is 2.30. The van der Waals surface area contributed by atoms with E-state index in [9.17, 15) is 4.79 Å². The number of hydrogen-bond donors (Lipinski definition) is 0. The quantitative estimate of drug-likeness (QED) is 0.540. The van der Waals surface area contributed by atoms with E-state index in [-0.39, 0.29) is 18.3 Å². The molecule has 0 bridgehead atoms. The van der Waals surface area contributed by atoms with Crippen LogP contribution in [0.5, 0.6) is 0 Å². The molecular formula is C20H23Cl2N3OS. The summed E-state index contributed by atoms with van der Waals surface area (Å²) in [7, 11) is 4.07. The van der Waals surface area contributed by atoms with Gasteiger partial charge in [0.05, 0.1) is 10.2 Å². The molecule has 0 spiro atoms. The molecular weight excluding hydrogens is 401 g/mol. The summed E-state index contributed by atoms with van der Waals surface area (Å²) < 4.78 is 1.10. The van der Waals surface area contributed by atoms with Crippen LogP contribution >= 0.6 is 35.3 Å². The number of aromatic nitrogens is 1. The van der Waals surface area contributed by atoms with Crippen LogP contribution in [0.3, 0.4) is 0 Å². The third-order valence-corrected chi connectivity index (χ3v) is 5.38. The van der Waals surface area contributed by atoms with E-state index in [0.717, 1.165) is 28.3 Å². The maximum Gasteiger partial charge on any atom is 0.260 e. The number of hydrogen-bond acceptors (Lipinski definition) is 4. The van der Waals surface area contributed by atoms with E-state index in [1.54, 1.807) is 40.5 Å². The summed E-state index contributed by atoms with van der Waals surface area (Å²) in [6.07, 6.45) is 0.876. The monoisotopic (exact) mass is 423 g/mol. The highest BCUT2D eigenvalue weighted by atomic mass is 35.5. The Bertz CT molecular complexity index is 909. The van der Waals surface area contributed by atoms with Gasteiger partial charge in [-0.15, -0.1) is 12.4 Å². The fourth-order valence-corrected chi connectivity index (χ4v) is 3.93. The van der Waals surface area contributed by atoms with Crippen LogP contribution in [0.4, 0.5) is 5.13 Å². The van der Waals surface area contributed by atoms with Crippen molar-refractivity contribution in [2.24, 2.45) is 0 Å². The van der Waals surface area contributed by atoms with E-state index < -0.39 is 0 Å². The number of carbonyl (C=O) groups is 1. The maximum absolute atomic E-state index is 13.1. The van der Waals surface area contributed by atoms with E-state index in [4.69, 9.17) is 16.6 Å². The lowest BCUT2D eigenvalue weighted by atomic mass is 10.2. The van der Waals surface area contributed by atoms with Crippen molar-refractivity contribution >= 4 is 56.6 Å². The van der Waals surface area contributed by atoms with E-state index in [1.807, 2.05) is 26.2 Å². The van der Waals surface area contributed by atoms with Gasteiger partial charge < -0.3 is 4.90 Å². The molecule has 0 fully saturated rings. The molecule has 0 aliphatic carbocycles. The molecule has 4 nitrogen and oxygen atoms in total. The van der Waals surface area contributed by atoms with Crippen LogP contribution in [0.15, 0.2) is 42.5 Å². The first-order valence-electron chi connectivity index (χ1n) is 8.53. The third-order valence-electron chi connectivity index (χ3n) is 4.09. The molecule has 7 heteroatoms. The summed E-state index contributed by atoms with van der Waals surface area (Å²) in [5.41, 5.74) is 2.74. The van der Waals surface area contributed by atoms with Gasteiger partial charge in [0.15, 0.2) is 5.13 Å². The highest BCUT2D eigenvalue weighted by Gasteiger charge is 2.21. The molecule has 0 aliphatic rings. The van der Waals surface area contributed by atoms with Gasteiger partial charge in [-0.05, 0) is 75.9 Å². The third kappa shape index (κ3) is 5.42. The number of anilines is 1. The lowest BCUT2D eigenvalue weighted by Crippen LogP contribution is -2.33. The van der Waals surface area contributed by atoms with Crippen molar-refractivity contribution in [1.82, 2.24) is 9.88 Å². The summed E-state index contributed by atoms with van der Waals surface area (Å²) >= 11 is 7.52. The zero-order valence-electron chi connectivity index (χ0n) is 15.6. The second kappa shape index (κ2) is 9.51. The molecule has 0 aliphatic heterocycles. The Balaban J connectivity index is 0.00000261. The predicted octanol–water partition coefficient (Wildman–Crippen LogP) is 5.28. The van der Waals surface area contributed by atoms with Gasteiger partial charge in [-0.25, -0.2) is 4.98 Å². The number of halogens is 2. The number of nitrogens with zero attached hydrogens (tertiary/aromatic N) is 3. The Morgan fingerprint density at radius 2 is 1.81 bits per heavy atom. The van der Waals surface area contributed by atoms with Crippen molar-refractivity contribution in [3.8, 4) is 0 Å². The van der Waals surface area contributed by atoms with Crippen LogP contribution < -0.4 is 4.90 Å². The fourth-order valence-electron chi connectivity index (χ4n) is 2.71. The molecule has 2 aromatic carbocycles. The largest absolute Gasteiger partial charge is 0.309 e. The molecule has 3 rings (SSSR count). The van der Waals surface area contributed by atoms with Gasteiger partial charge in [-0.3, -0.25) is 9.69 Å². The number of thiazole rings is 1. The van der Waals surface area contributed by atoms with Crippen LogP contribution in [-0.2, 0) is 0 Å². The Kier molecular flexibility index (Phi) is 7.62. The Morgan fingerprint density at radius 1 is 1.11 bits per heavy atom. The maximum atomic E-state index is 13.1. The lowest BCUT2D eigenvalue weighted by molar-refractivity contribution is 0.0986. The second-order valence-corrected chi connectivity index (χ2v) is 8.03. The molecule has 1 amide bonds. The summed E-state index contributed by atoms with van der Waals surface area (Å²) in [5.74, 6) is -0.0452. The van der Waals surface area contributed by atoms with Crippen molar-refractivity contribution in [2.45, 2.75) is 13.3 Å². The number of fused-ring (bicyclic) bond motifs is 1. The SMILES string of the molecule is Cc1ccc2nc(N(CCCN(C)C)C(=O)c3ccc(Cl)cc3)sc2c1.Cl. The molecule has 0 N–H and O–H groups in total. The van der Waals surface area contributed by atoms with Gasteiger partial charge in [0, 0.05) is 17.1 Å². The van der Waals surface area contributed by atoms with Gasteiger partial charge >= 0.3 is 0 Å². The minimum Gasteiger partial charge on any atom is -0.309 e. The highest BCUT2D eigenvalue weighted by molar-refractivity contribution is 7.22. The average Bonchev–Trinajstić information content (AvgIpc) is 3.01. The molecule has 0 radical (unpaired) electrons. The number of amides is 1. The van der Waals surface area contributed by atoms with Gasteiger partial charge in [-0.2, -0.15) is 0 Å². The first-order valence-corrected chi connectivity index (χ1v) is 9.73. The predicted molar refractivity (Wildman–Crippen MR) is 118 cm³/mol. The van der Waals surface area contributed by atoms with Crippen LogP contribution in [-0.4, -0.2) is 43.0 Å². The number of carbonyl (C=O) groups excluding carboxylic acids is 1. The Morgan fingerprint density at radius 3 is 2.48 bits per heavy atom. The van der Waals surface area contributed by atoms with Crippen molar-refractivity contribution in [3.05, 3.63) is 58.6 Å². The molecule has 0 saturated heterocycles.